The van der Waals surface area contributed by atoms with Gasteiger partial charge in [-0.2, -0.15) is 4.31 Å². The number of carbonyl (C=O) groups is 2. The number of esters is 1. The Hall–Kier alpha value is -3.31. The van der Waals surface area contributed by atoms with E-state index in [1.165, 1.54) is 52.5 Å². The van der Waals surface area contributed by atoms with E-state index in [1.54, 1.807) is 12.1 Å². The maximum Gasteiger partial charge on any atom is 0.304 e. The Labute approximate surface area is 192 Å². The van der Waals surface area contributed by atoms with Gasteiger partial charge in [0.05, 0.1) is 27.0 Å². The molecule has 0 radical (unpaired) electrons. The van der Waals surface area contributed by atoms with E-state index in [-0.39, 0.29) is 34.2 Å². The third-order valence-corrected chi connectivity index (χ3v) is 7.05. The first-order valence-electron chi connectivity index (χ1n) is 10.1. The van der Waals surface area contributed by atoms with E-state index in [1.807, 2.05) is 0 Å². The highest BCUT2D eigenvalue weighted by Crippen LogP contribution is 2.38. The number of benzene rings is 2. The highest BCUT2D eigenvalue weighted by atomic mass is 32.2. The average molecular weight is 479 g/mol. The lowest BCUT2D eigenvalue weighted by molar-refractivity contribution is -0.150. The minimum atomic E-state index is -4.06. The van der Waals surface area contributed by atoms with Gasteiger partial charge in [0.15, 0.2) is 17.7 Å². The van der Waals surface area contributed by atoms with Gasteiger partial charge in [0.1, 0.15) is 4.90 Å². The van der Waals surface area contributed by atoms with E-state index >= 15 is 0 Å². The van der Waals surface area contributed by atoms with Crippen LogP contribution in [0.1, 0.15) is 30.1 Å². The molecule has 1 atom stereocenters. The van der Waals surface area contributed by atoms with E-state index in [9.17, 15) is 18.0 Å². The van der Waals surface area contributed by atoms with Gasteiger partial charge in [0, 0.05) is 25.5 Å². The number of carbonyl (C=O) groups excluding carboxylic acids is 2. The van der Waals surface area contributed by atoms with Gasteiger partial charge < -0.3 is 24.3 Å². The van der Waals surface area contributed by atoms with Gasteiger partial charge in [-0.25, -0.2) is 8.42 Å². The zero-order valence-electron chi connectivity index (χ0n) is 18.8. The quantitative estimate of drug-likeness (QED) is 0.575. The van der Waals surface area contributed by atoms with Crippen LogP contribution in [-0.4, -0.2) is 58.7 Å². The molecule has 33 heavy (non-hydrogen) atoms. The molecule has 1 fully saturated rings. The van der Waals surface area contributed by atoms with Crippen molar-refractivity contribution in [3.63, 3.8) is 0 Å². The standard InChI is InChI=1S/C22H26N2O8S/c1-14(25)32-20-10-7-11-24(20)33(27,28)19-9-6-5-8-16(19)23-22(26)15-12-17(29-2)21(31-4)18(13-15)30-3/h5-6,8-9,12-13,20H,7,10-11H2,1-4H3,(H,23,26). The first-order chi connectivity index (χ1) is 15.7. The van der Waals surface area contributed by atoms with Crippen LogP contribution >= 0.6 is 0 Å². The Morgan fingerprint density at radius 2 is 1.67 bits per heavy atom. The Kier molecular flexibility index (Phi) is 7.44. The fraction of sp³-hybridized carbons (Fsp3) is 0.364. The molecule has 11 heteroatoms. The number of ether oxygens (including phenoxy) is 4. The van der Waals surface area contributed by atoms with Gasteiger partial charge in [-0.1, -0.05) is 12.1 Å². The second-order valence-corrected chi connectivity index (χ2v) is 9.05. The number of anilines is 1. The van der Waals surface area contributed by atoms with Crippen LogP contribution in [0.15, 0.2) is 41.3 Å². The Balaban J connectivity index is 1.94. The van der Waals surface area contributed by atoms with Crippen LogP contribution in [0.2, 0.25) is 0 Å². The van der Waals surface area contributed by atoms with Gasteiger partial charge in [-0.15, -0.1) is 0 Å². The topological polar surface area (TPSA) is 120 Å². The van der Waals surface area contributed by atoms with E-state index in [0.29, 0.717) is 18.6 Å². The summed E-state index contributed by atoms with van der Waals surface area (Å²) in [4.78, 5) is 24.3. The Morgan fingerprint density at radius 1 is 1.03 bits per heavy atom. The minimum absolute atomic E-state index is 0.0877. The van der Waals surface area contributed by atoms with Gasteiger partial charge >= 0.3 is 5.97 Å². The van der Waals surface area contributed by atoms with Crippen LogP contribution in [0, 0.1) is 0 Å². The van der Waals surface area contributed by atoms with Crippen LogP contribution in [-0.2, 0) is 19.6 Å². The summed E-state index contributed by atoms with van der Waals surface area (Å²) >= 11 is 0. The van der Waals surface area contributed by atoms with Crippen molar-refractivity contribution in [2.75, 3.05) is 33.2 Å². The fourth-order valence-corrected chi connectivity index (χ4v) is 5.35. The van der Waals surface area contributed by atoms with Crippen LogP contribution in [0.5, 0.6) is 17.2 Å². The second kappa shape index (κ2) is 10.1. The highest BCUT2D eigenvalue weighted by Gasteiger charge is 2.38. The van der Waals surface area contributed by atoms with Crippen LogP contribution < -0.4 is 19.5 Å². The van der Waals surface area contributed by atoms with Crippen molar-refractivity contribution >= 4 is 27.6 Å². The van der Waals surface area contributed by atoms with Crippen molar-refractivity contribution in [3.05, 3.63) is 42.0 Å². The van der Waals surface area contributed by atoms with E-state index < -0.39 is 28.1 Å². The SMILES string of the molecule is COc1cc(C(=O)Nc2ccccc2S(=O)(=O)N2CCCC2OC(C)=O)cc(OC)c1OC. The number of amides is 1. The van der Waals surface area contributed by atoms with E-state index in [2.05, 4.69) is 5.32 Å². The first kappa shape index (κ1) is 24.3. The van der Waals surface area contributed by atoms with Crippen LogP contribution in [0.4, 0.5) is 5.69 Å². The molecule has 2 aromatic rings. The smallest absolute Gasteiger partial charge is 0.304 e. The van der Waals surface area contributed by atoms with Crippen LogP contribution in [0.3, 0.4) is 0 Å². The van der Waals surface area contributed by atoms with Crippen molar-refractivity contribution < 1.29 is 37.0 Å². The van der Waals surface area contributed by atoms with E-state index in [0.717, 1.165) is 4.31 Å². The third-order valence-electron chi connectivity index (χ3n) is 5.10. The molecule has 1 saturated heterocycles. The van der Waals surface area contributed by atoms with E-state index in [4.69, 9.17) is 18.9 Å². The molecule has 1 aliphatic heterocycles. The first-order valence-corrected chi connectivity index (χ1v) is 11.6. The molecule has 10 nitrogen and oxygen atoms in total. The molecule has 1 amide bonds. The van der Waals surface area contributed by atoms with Crippen molar-refractivity contribution in [1.29, 1.82) is 0 Å². The van der Waals surface area contributed by atoms with Crippen molar-refractivity contribution in [2.45, 2.75) is 30.9 Å². The summed E-state index contributed by atoms with van der Waals surface area (Å²) in [5, 5.41) is 2.65. The number of hydrogen-bond acceptors (Lipinski definition) is 8. The predicted molar refractivity (Wildman–Crippen MR) is 119 cm³/mol. The summed E-state index contributed by atoms with van der Waals surface area (Å²) < 4.78 is 48.9. The molecule has 3 rings (SSSR count). The summed E-state index contributed by atoms with van der Waals surface area (Å²) in [6.07, 6.45) is 0.0713. The summed E-state index contributed by atoms with van der Waals surface area (Å²) in [7, 11) is 0.245. The number of sulfonamides is 1. The van der Waals surface area contributed by atoms with Crippen LogP contribution in [0.25, 0.3) is 0 Å². The van der Waals surface area contributed by atoms with Gasteiger partial charge in [0.2, 0.25) is 15.8 Å². The summed E-state index contributed by atoms with van der Waals surface area (Å²) in [5.41, 5.74) is 0.264. The summed E-state index contributed by atoms with van der Waals surface area (Å²) in [6, 6.07) is 8.97. The van der Waals surface area contributed by atoms with Crippen molar-refractivity contribution in [3.8, 4) is 17.2 Å². The molecule has 178 valence electrons. The molecule has 1 unspecified atom stereocenters. The molecule has 1 aliphatic rings. The largest absolute Gasteiger partial charge is 0.493 e. The highest BCUT2D eigenvalue weighted by molar-refractivity contribution is 7.89. The summed E-state index contributed by atoms with van der Waals surface area (Å²) in [5.74, 6) is -0.251. The number of nitrogens with zero attached hydrogens (tertiary/aromatic N) is 1. The van der Waals surface area contributed by atoms with Gasteiger partial charge in [0.25, 0.3) is 5.91 Å². The molecule has 0 aromatic heterocycles. The Bertz CT molecular complexity index is 1120. The summed E-state index contributed by atoms with van der Waals surface area (Å²) in [6.45, 7) is 1.43. The maximum absolute atomic E-state index is 13.4. The number of hydrogen-bond donors (Lipinski definition) is 1. The number of nitrogens with one attached hydrogen (secondary N) is 1. The van der Waals surface area contributed by atoms with Gasteiger partial charge in [-0.05, 0) is 30.7 Å². The molecule has 0 aliphatic carbocycles. The Morgan fingerprint density at radius 3 is 2.24 bits per heavy atom. The maximum atomic E-state index is 13.4. The average Bonchev–Trinajstić information content (AvgIpc) is 3.26. The monoisotopic (exact) mass is 478 g/mol. The normalized spacial score (nSPS) is 16.2. The van der Waals surface area contributed by atoms with Crippen molar-refractivity contribution in [1.82, 2.24) is 4.31 Å². The zero-order valence-corrected chi connectivity index (χ0v) is 19.6. The molecule has 0 spiro atoms. The lowest BCUT2D eigenvalue weighted by Gasteiger charge is -2.24. The predicted octanol–water partition coefficient (Wildman–Crippen LogP) is 2.64. The molecule has 0 saturated carbocycles. The number of para-hydroxylation sites is 1. The minimum Gasteiger partial charge on any atom is -0.493 e. The fourth-order valence-electron chi connectivity index (χ4n) is 3.62. The number of methoxy groups -OCH3 is 3. The molecule has 2 aromatic carbocycles. The lowest BCUT2D eigenvalue weighted by atomic mass is 10.1. The molecule has 1 N–H and O–H groups in total. The lowest BCUT2D eigenvalue weighted by Crippen LogP contribution is -2.38. The second-order valence-electron chi connectivity index (χ2n) is 7.19. The molecular weight excluding hydrogens is 452 g/mol. The third kappa shape index (κ3) is 5.04. The molecule has 0 bridgehead atoms. The number of rotatable bonds is 8. The zero-order chi connectivity index (χ0) is 24.2. The molecule has 1 heterocycles. The molecular formula is C22H26N2O8S. The van der Waals surface area contributed by atoms with Crippen molar-refractivity contribution in [2.24, 2.45) is 0 Å². The van der Waals surface area contributed by atoms with Gasteiger partial charge in [-0.3, -0.25) is 9.59 Å².